The summed E-state index contributed by atoms with van der Waals surface area (Å²) in [7, 11) is 0. The second-order valence-corrected chi connectivity index (χ2v) is 4.30. The third-order valence-corrected chi connectivity index (χ3v) is 2.51. The quantitative estimate of drug-likeness (QED) is 0.664. The Labute approximate surface area is 94.5 Å². The summed E-state index contributed by atoms with van der Waals surface area (Å²) in [4.78, 5) is 2.36. The number of nitrogens with zero attached hydrogens (tertiary/aromatic N) is 2. The molecule has 0 aromatic heterocycles. The Morgan fingerprint density at radius 1 is 1.27 bits per heavy atom. The van der Waals surface area contributed by atoms with Gasteiger partial charge in [0, 0.05) is 13.1 Å². The van der Waals surface area contributed by atoms with Gasteiger partial charge in [0.15, 0.2) is 0 Å². The highest BCUT2D eigenvalue weighted by Crippen LogP contribution is 2.03. The highest BCUT2D eigenvalue weighted by atomic mass is 15.1. The zero-order chi connectivity index (χ0) is 11.7. The molecule has 15 heavy (non-hydrogen) atoms. The molecule has 1 N–H and O–H groups in total. The maximum Gasteiger partial charge on any atom is 0.0666 e. The van der Waals surface area contributed by atoms with Crippen molar-refractivity contribution in [1.82, 2.24) is 10.2 Å². The summed E-state index contributed by atoms with van der Waals surface area (Å²) in [5.41, 5.74) is 0. The van der Waals surface area contributed by atoms with Crippen LogP contribution in [0.4, 0.5) is 0 Å². The lowest BCUT2D eigenvalue weighted by Crippen LogP contribution is -2.35. The van der Waals surface area contributed by atoms with Crippen LogP contribution in [0.15, 0.2) is 0 Å². The minimum Gasteiger partial charge on any atom is -0.317 e. The SMILES string of the molecule is CCNCC(C)CN(CC)CC(C)C#N. The molecule has 0 aromatic carbocycles. The van der Waals surface area contributed by atoms with Crippen LogP contribution in [0.2, 0.25) is 0 Å². The van der Waals surface area contributed by atoms with Crippen LogP contribution < -0.4 is 5.32 Å². The van der Waals surface area contributed by atoms with E-state index in [1.165, 1.54) is 0 Å². The second kappa shape index (κ2) is 8.70. The molecule has 88 valence electrons. The van der Waals surface area contributed by atoms with Gasteiger partial charge in [0.25, 0.3) is 0 Å². The minimum absolute atomic E-state index is 0.135. The molecule has 0 spiro atoms. The fourth-order valence-corrected chi connectivity index (χ4v) is 1.66. The van der Waals surface area contributed by atoms with E-state index in [1.54, 1.807) is 0 Å². The number of hydrogen-bond acceptors (Lipinski definition) is 3. The van der Waals surface area contributed by atoms with Gasteiger partial charge in [-0.25, -0.2) is 0 Å². The molecule has 0 aromatic rings. The number of nitrogens with one attached hydrogen (secondary N) is 1. The van der Waals surface area contributed by atoms with Crippen LogP contribution in [0.5, 0.6) is 0 Å². The first kappa shape index (κ1) is 14.4. The molecule has 0 aliphatic carbocycles. The molecule has 0 aliphatic heterocycles. The molecule has 2 atom stereocenters. The van der Waals surface area contributed by atoms with E-state index in [4.69, 9.17) is 5.26 Å². The fraction of sp³-hybridized carbons (Fsp3) is 0.917. The predicted molar refractivity (Wildman–Crippen MR) is 64.6 cm³/mol. The van der Waals surface area contributed by atoms with Crippen molar-refractivity contribution in [3.63, 3.8) is 0 Å². The van der Waals surface area contributed by atoms with Gasteiger partial charge >= 0.3 is 0 Å². The molecule has 2 unspecified atom stereocenters. The third-order valence-electron chi connectivity index (χ3n) is 2.51. The van der Waals surface area contributed by atoms with E-state index in [0.717, 1.165) is 32.7 Å². The Kier molecular flexibility index (Phi) is 8.35. The molecule has 0 saturated carbocycles. The summed E-state index contributed by atoms with van der Waals surface area (Å²) in [6.07, 6.45) is 0. The zero-order valence-electron chi connectivity index (χ0n) is 10.6. The summed E-state index contributed by atoms with van der Waals surface area (Å²) in [6, 6.07) is 2.29. The normalized spacial score (nSPS) is 14.9. The van der Waals surface area contributed by atoms with E-state index in [1.807, 2.05) is 6.92 Å². The molecule has 0 bridgehead atoms. The summed E-state index contributed by atoms with van der Waals surface area (Å²) < 4.78 is 0. The first-order valence-electron chi connectivity index (χ1n) is 5.96. The molecular formula is C12H25N3. The zero-order valence-corrected chi connectivity index (χ0v) is 10.6. The third kappa shape index (κ3) is 7.35. The maximum absolute atomic E-state index is 8.77. The van der Waals surface area contributed by atoms with Gasteiger partial charge in [0.1, 0.15) is 0 Å². The highest BCUT2D eigenvalue weighted by Gasteiger charge is 2.11. The van der Waals surface area contributed by atoms with Crippen LogP contribution in [0.3, 0.4) is 0 Å². The van der Waals surface area contributed by atoms with E-state index in [2.05, 4.69) is 37.1 Å². The lowest BCUT2D eigenvalue weighted by atomic mass is 10.1. The second-order valence-electron chi connectivity index (χ2n) is 4.30. The Morgan fingerprint density at radius 2 is 1.93 bits per heavy atom. The molecule has 0 heterocycles. The molecule has 0 rings (SSSR count). The highest BCUT2D eigenvalue weighted by molar-refractivity contribution is 4.81. The van der Waals surface area contributed by atoms with Gasteiger partial charge < -0.3 is 10.2 Å². The predicted octanol–water partition coefficient (Wildman–Crippen LogP) is 1.71. The van der Waals surface area contributed by atoms with Crippen molar-refractivity contribution in [3.05, 3.63) is 0 Å². The minimum atomic E-state index is 0.135. The van der Waals surface area contributed by atoms with Crippen molar-refractivity contribution < 1.29 is 0 Å². The summed E-state index contributed by atoms with van der Waals surface area (Å²) >= 11 is 0. The van der Waals surface area contributed by atoms with Crippen LogP contribution in [0.1, 0.15) is 27.7 Å². The average molecular weight is 211 g/mol. The van der Waals surface area contributed by atoms with Gasteiger partial charge in [-0.2, -0.15) is 5.26 Å². The largest absolute Gasteiger partial charge is 0.317 e. The monoisotopic (exact) mass is 211 g/mol. The molecule has 0 fully saturated rings. The van der Waals surface area contributed by atoms with Crippen molar-refractivity contribution in [2.75, 3.05) is 32.7 Å². The Morgan fingerprint density at radius 3 is 2.40 bits per heavy atom. The van der Waals surface area contributed by atoms with Gasteiger partial charge in [-0.05, 0) is 32.5 Å². The molecular weight excluding hydrogens is 186 g/mol. The molecule has 0 saturated heterocycles. The van der Waals surface area contributed by atoms with Crippen LogP contribution in [-0.4, -0.2) is 37.6 Å². The first-order valence-corrected chi connectivity index (χ1v) is 5.96. The Bertz CT molecular complexity index is 186. The van der Waals surface area contributed by atoms with Gasteiger partial charge in [0.05, 0.1) is 12.0 Å². The summed E-state index contributed by atoms with van der Waals surface area (Å²) in [5, 5.41) is 12.1. The number of nitriles is 1. The van der Waals surface area contributed by atoms with Gasteiger partial charge in [0.2, 0.25) is 0 Å². The van der Waals surface area contributed by atoms with Crippen molar-refractivity contribution >= 4 is 0 Å². The van der Waals surface area contributed by atoms with E-state index < -0.39 is 0 Å². The Hall–Kier alpha value is -0.590. The van der Waals surface area contributed by atoms with Crippen LogP contribution in [-0.2, 0) is 0 Å². The Balaban J connectivity index is 3.82. The van der Waals surface area contributed by atoms with Crippen molar-refractivity contribution in [2.45, 2.75) is 27.7 Å². The van der Waals surface area contributed by atoms with Crippen molar-refractivity contribution in [3.8, 4) is 6.07 Å². The molecule has 3 heteroatoms. The van der Waals surface area contributed by atoms with E-state index in [0.29, 0.717) is 5.92 Å². The molecule has 0 aliphatic rings. The van der Waals surface area contributed by atoms with Crippen molar-refractivity contribution in [2.24, 2.45) is 11.8 Å². The molecule has 0 amide bonds. The van der Waals surface area contributed by atoms with Gasteiger partial charge in [-0.15, -0.1) is 0 Å². The lowest BCUT2D eigenvalue weighted by molar-refractivity contribution is 0.231. The van der Waals surface area contributed by atoms with Crippen molar-refractivity contribution in [1.29, 1.82) is 5.26 Å². The smallest absolute Gasteiger partial charge is 0.0666 e. The number of hydrogen-bond donors (Lipinski definition) is 1. The van der Waals surface area contributed by atoms with Gasteiger partial charge in [-0.1, -0.05) is 20.8 Å². The van der Waals surface area contributed by atoms with Gasteiger partial charge in [-0.3, -0.25) is 0 Å². The molecule has 3 nitrogen and oxygen atoms in total. The standard InChI is InChI=1S/C12H25N3/c1-5-14-8-12(4)10-15(6-2)9-11(3)7-13/h11-12,14H,5-6,8-10H2,1-4H3. The fourth-order valence-electron chi connectivity index (χ4n) is 1.66. The van der Waals surface area contributed by atoms with Crippen LogP contribution in [0.25, 0.3) is 0 Å². The van der Waals surface area contributed by atoms with E-state index >= 15 is 0 Å². The summed E-state index contributed by atoms with van der Waals surface area (Å²) in [6.45, 7) is 13.6. The average Bonchev–Trinajstić information content (AvgIpc) is 2.25. The maximum atomic E-state index is 8.77. The topological polar surface area (TPSA) is 39.1 Å². The van der Waals surface area contributed by atoms with Crippen LogP contribution in [0, 0.1) is 23.2 Å². The first-order chi connectivity index (χ1) is 7.13. The lowest BCUT2D eigenvalue weighted by Gasteiger charge is -2.25. The number of rotatable bonds is 8. The van der Waals surface area contributed by atoms with E-state index in [9.17, 15) is 0 Å². The van der Waals surface area contributed by atoms with Crippen LogP contribution >= 0.6 is 0 Å². The summed E-state index contributed by atoms with van der Waals surface area (Å²) in [5.74, 6) is 0.784. The van der Waals surface area contributed by atoms with E-state index in [-0.39, 0.29) is 5.92 Å². The molecule has 0 radical (unpaired) electrons.